The molecule has 114 valence electrons. The lowest BCUT2D eigenvalue weighted by atomic mass is 9.86. The van der Waals surface area contributed by atoms with E-state index in [9.17, 15) is 18.4 Å². The molecule has 5 nitrogen and oxygen atoms in total. The van der Waals surface area contributed by atoms with Crippen molar-refractivity contribution in [3.05, 3.63) is 51.3 Å². The number of halogens is 2. The first-order valence-electron chi connectivity index (χ1n) is 6.42. The van der Waals surface area contributed by atoms with Gasteiger partial charge in [0.2, 0.25) is 5.91 Å². The normalized spacial score (nSPS) is 17.0. The summed E-state index contributed by atoms with van der Waals surface area (Å²) in [4.78, 5) is 30.8. The van der Waals surface area contributed by atoms with Crippen molar-refractivity contribution in [3.63, 3.8) is 0 Å². The summed E-state index contributed by atoms with van der Waals surface area (Å²) in [5, 5.41) is 2.88. The molecule has 0 aliphatic carbocycles. The Balaban J connectivity index is 2.19. The number of rotatable bonds is 2. The minimum absolute atomic E-state index is 0.0983. The second-order valence-corrected chi connectivity index (χ2v) is 5.60. The van der Waals surface area contributed by atoms with Crippen LogP contribution in [0.15, 0.2) is 28.2 Å². The van der Waals surface area contributed by atoms with Crippen LogP contribution in [0.3, 0.4) is 0 Å². The summed E-state index contributed by atoms with van der Waals surface area (Å²) in [6.45, 7) is 0. The molecule has 0 saturated heterocycles. The zero-order chi connectivity index (χ0) is 15.9. The maximum absolute atomic E-state index is 14.0. The smallest absolute Gasteiger partial charge is 0.257 e. The van der Waals surface area contributed by atoms with E-state index in [1.165, 1.54) is 17.8 Å². The molecule has 0 radical (unpaired) electrons. The van der Waals surface area contributed by atoms with Crippen LogP contribution >= 0.6 is 11.8 Å². The first-order chi connectivity index (χ1) is 10.5. The van der Waals surface area contributed by atoms with Gasteiger partial charge in [-0.3, -0.25) is 9.59 Å². The molecule has 22 heavy (non-hydrogen) atoms. The third-order valence-electron chi connectivity index (χ3n) is 3.46. The lowest BCUT2D eigenvalue weighted by molar-refractivity contribution is -0.116. The summed E-state index contributed by atoms with van der Waals surface area (Å²) in [5.74, 6) is -2.55. The van der Waals surface area contributed by atoms with Crippen molar-refractivity contribution in [2.75, 3.05) is 11.6 Å². The summed E-state index contributed by atoms with van der Waals surface area (Å²) in [5.41, 5.74) is -0.160. The molecule has 1 aromatic heterocycles. The number of nitrogens with one attached hydrogen (secondary N) is 2. The SMILES string of the molecule is CSc1nc2c(c(=O)[nH]1)[C@H](c1ccc(F)cc1F)CC(=O)N2. The van der Waals surface area contributed by atoms with Crippen LogP contribution in [0.5, 0.6) is 0 Å². The minimum Gasteiger partial charge on any atom is -0.310 e. The highest BCUT2D eigenvalue weighted by molar-refractivity contribution is 7.98. The number of hydrogen-bond acceptors (Lipinski definition) is 4. The van der Waals surface area contributed by atoms with Crippen molar-refractivity contribution in [3.8, 4) is 0 Å². The van der Waals surface area contributed by atoms with E-state index in [4.69, 9.17) is 0 Å². The molecule has 2 aromatic rings. The van der Waals surface area contributed by atoms with Crippen molar-refractivity contribution in [1.82, 2.24) is 9.97 Å². The predicted octanol–water partition coefficient (Wildman–Crippen LogP) is 2.24. The van der Waals surface area contributed by atoms with Crippen LogP contribution in [0.25, 0.3) is 0 Å². The number of carbonyl (C=O) groups is 1. The quantitative estimate of drug-likeness (QED) is 0.656. The molecule has 0 fully saturated rings. The molecular formula is C14H11F2N3O2S. The standard InChI is InChI=1S/C14H11F2N3O2S/c1-22-14-18-12-11(13(21)19-14)8(5-10(20)17-12)7-3-2-6(15)4-9(7)16/h2-4,8H,5H2,1H3,(H2,17,18,19,20,21)/t8-/m0/s1. The Morgan fingerprint density at radius 2 is 2.09 bits per heavy atom. The third kappa shape index (κ3) is 2.50. The second kappa shape index (κ2) is 5.53. The number of hydrogen-bond donors (Lipinski definition) is 2. The molecular weight excluding hydrogens is 312 g/mol. The highest BCUT2D eigenvalue weighted by Gasteiger charge is 2.32. The fraction of sp³-hybridized carbons (Fsp3) is 0.214. The summed E-state index contributed by atoms with van der Waals surface area (Å²) in [7, 11) is 0. The molecule has 1 amide bonds. The highest BCUT2D eigenvalue weighted by Crippen LogP contribution is 2.35. The van der Waals surface area contributed by atoms with Gasteiger partial charge < -0.3 is 10.3 Å². The Bertz CT molecular complexity index is 822. The van der Waals surface area contributed by atoms with E-state index in [0.717, 1.165) is 12.1 Å². The number of thioether (sulfide) groups is 1. The summed E-state index contributed by atoms with van der Waals surface area (Å²) in [6.07, 6.45) is 1.63. The largest absolute Gasteiger partial charge is 0.310 e. The predicted molar refractivity (Wildman–Crippen MR) is 78.1 cm³/mol. The Kier molecular flexibility index (Phi) is 3.69. The maximum Gasteiger partial charge on any atom is 0.257 e. The number of fused-ring (bicyclic) bond motifs is 1. The van der Waals surface area contributed by atoms with Gasteiger partial charge in [0.05, 0.1) is 5.56 Å². The monoisotopic (exact) mass is 323 g/mol. The number of aromatic nitrogens is 2. The number of aromatic amines is 1. The van der Waals surface area contributed by atoms with Gasteiger partial charge in [0.15, 0.2) is 5.16 Å². The van der Waals surface area contributed by atoms with E-state index in [2.05, 4.69) is 15.3 Å². The first-order valence-corrected chi connectivity index (χ1v) is 7.65. The second-order valence-electron chi connectivity index (χ2n) is 4.81. The maximum atomic E-state index is 14.0. The van der Waals surface area contributed by atoms with E-state index in [1.54, 1.807) is 6.26 Å². The van der Waals surface area contributed by atoms with E-state index >= 15 is 0 Å². The van der Waals surface area contributed by atoms with Crippen LogP contribution in [0, 0.1) is 11.6 Å². The van der Waals surface area contributed by atoms with Crippen molar-refractivity contribution in [2.24, 2.45) is 0 Å². The minimum atomic E-state index is -0.795. The molecule has 1 aliphatic heterocycles. The van der Waals surface area contributed by atoms with Crippen LogP contribution in [0.2, 0.25) is 0 Å². The number of H-pyrrole nitrogens is 1. The van der Waals surface area contributed by atoms with Crippen LogP contribution in [-0.2, 0) is 4.79 Å². The van der Waals surface area contributed by atoms with Gasteiger partial charge in [-0.15, -0.1) is 0 Å². The summed E-state index contributed by atoms with van der Waals surface area (Å²) >= 11 is 1.22. The van der Waals surface area contributed by atoms with Crippen molar-refractivity contribution in [2.45, 2.75) is 17.5 Å². The van der Waals surface area contributed by atoms with E-state index in [-0.39, 0.29) is 29.3 Å². The van der Waals surface area contributed by atoms with Crippen LogP contribution < -0.4 is 10.9 Å². The number of nitrogens with zero attached hydrogens (tertiary/aromatic N) is 1. The van der Waals surface area contributed by atoms with Gasteiger partial charge in [-0.1, -0.05) is 17.8 Å². The Morgan fingerprint density at radius 3 is 2.77 bits per heavy atom. The number of benzene rings is 1. The number of anilines is 1. The molecule has 2 N–H and O–H groups in total. The van der Waals surface area contributed by atoms with Crippen molar-refractivity contribution < 1.29 is 13.6 Å². The Labute approximate surface area is 128 Å². The fourth-order valence-electron chi connectivity index (χ4n) is 2.50. The number of carbonyl (C=O) groups excluding carboxylic acids is 1. The zero-order valence-corrected chi connectivity index (χ0v) is 12.3. The van der Waals surface area contributed by atoms with Crippen molar-refractivity contribution in [1.29, 1.82) is 0 Å². The molecule has 0 bridgehead atoms. The van der Waals surface area contributed by atoms with E-state index in [1.807, 2.05) is 0 Å². The topological polar surface area (TPSA) is 74.8 Å². The molecule has 1 aromatic carbocycles. The average Bonchev–Trinajstić information content (AvgIpc) is 2.45. The average molecular weight is 323 g/mol. The lowest BCUT2D eigenvalue weighted by Gasteiger charge is -2.24. The number of amides is 1. The molecule has 8 heteroatoms. The first kappa shape index (κ1) is 14.7. The van der Waals surface area contributed by atoms with Crippen LogP contribution in [0.1, 0.15) is 23.5 Å². The van der Waals surface area contributed by atoms with E-state index in [0.29, 0.717) is 5.16 Å². The molecule has 3 rings (SSSR count). The molecule has 2 heterocycles. The molecule has 1 atom stereocenters. The fourth-order valence-corrected chi connectivity index (χ4v) is 2.87. The molecule has 0 unspecified atom stereocenters. The highest BCUT2D eigenvalue weighted by atomic mass is 32.2. The summed E-state index contributed by atoms with van der Waals surface area (Å²) < 4.78 is 27.1. The van der Waals surface area contributed by atoms with Gasteiger partial charge >= 0.3 is 0 Å². The molecule has 0 saturated carbocycles. The Morgan fingerprint density at radius 1 is 1.32 bits per heavy atom. The van der Waals surface area contributed by atoms with Crippen LogP contribution in [-0.4, -0.2) is 22.1 Å². The van der Waals surface area contributed by atoms with Gasteiger partial charge in [0, 0.05) is 18.4 Å². The van der Waals surface area contributed by atoms with E-state index < -0.39 is 23.1 Å². The molecule has 0 spiro atoms. The van der Waals surface area contributed by atoms with Gasteiger partial charge in [0.25, 0.3) is 5.56 Å². The third-order valence-corrected chi connectivity index (χ3v) is 4.04. The summed E-state index contributed by atoms with van der Waals surface area (Å²) in [6, 6.07) is 3.08. The van der Waals surface area contributed by atoms with Crippen molar-refractivity contribution >= 4 is 23.5 Å². The van der Waals surface area contributed by atoms with Gasteiger partial charge in [0.1, 0.15) is 17.5 Å². The zero-order valence-electron chi connectivity index (χ0n) is 11.4. The lowest BCUT2D eigenvalue weighted by Crippen LogP contribution is -2.31. The Hall–Kier alpha value is -2.22. The van der Waals surface area contributed by atoms with Gasteiger partial charge in [-0.05, 0) is 17.9 Å². The van der Waals surface area contributed by atoms with Gasteiger partial charge in [-0.2, -0.15) is 0 Å². The van der Waals surface area contributed by atoms with Crippen LogP contribution in [0.4, 0.5) is 14.6 Å². The molecule has 1 aliphatic rings. The van der Waals surface area contributed by atoms with Gasteiger partial charge in [-0.25, -0.2) is 13.8 Å².